The second-order valence-corrected chi connectivity index (χ2v) is 6.79. The van der Waals surface area contributed by atoms with E-state index in [4.69, 9.17) is 21.1 Å². The molecule has 1 atom stereocenters. The summed E-state index contributed by atoms with van der Waals surface area (Å²) in [5, 5.41) is 0.633. The molecule has 1 amide bonds. The Morgan fingerprint density at radius 3 is 2.63 bits per heavy atom. The third-order valence-electron chi connectivity index (χ3n) is 4.53. The predicted octanol–water partition coefficient (Wildman–Crippen LogP) is 3.88. The number of benzene rings is 2. The van der Waals surface area contributed by atoms with Crippen LogP contribution >= 0.6 is 11.6 Å². The zero-order valence-corrected chi connectivity index (χ0v) is 15.9. The maximum atomic E-state index is 12.4. The highest BCUT2D eigenvalue weighted by Gasteiger charge is 2.36. The Hall–Kier alpha value is -2.53. The van der Waals surface area contributed by atoms with E-state index in [0.29, 0.717) is 17.3 Å². The van der Waals surface area contributed by atoms with Crippen molar-refractivity contribution in [2.24, 2.45) is 5.92 Å². The quantitative estimate of drug-likeness (QED) is 0.534. The molecule has 1 aliphatic heterocycles. The minimum atomic E-state index is -0.446. The third kappa shape index (κ3) is 4.80. The van der Waals surface area contributed by atoms with Crippen molar-refractivity contribution in [1.82, 2.24) is 0 Å². The highest BCUT2D eigenvalue weighted by atomic mass is 35.5. The molecule has 1 saturated heterocycles. The Kier molecular flexibility index (Phi) is 6.35. The van der Waals surface area contributed by atoms with Gasteiger partial charge in [0.25, 0.3) is 0 Å². The molecule has 1 heterocycles. The first-order valence-corrected chi connectivity index (χ1v) is 9.39. The van der Waals surface area contributed by atoms with E-state index in [9.17, 15) is 9.59 Å². The van der Waals surface area contributed by atoms with Crippen molar-refractivity contribution in [1.29, 1.82) is 0 Å². The van der Waals surface area contributed by atoms with Crippen molar-refractivity contribution in [3.8, 4) is 5.75 Å². The number of halogens is 1. The lowest BCUT2D eigenvalue weighted by Crippen LogP contribution is -2.27. The summed E-state index contributed by atoms with van der Waals surface area (Å²) in [5.74, 6) is -0.193. The van der Waals surface area contributed by atoms with Crippen LogP contribution in [0.1, 0.15) is 18.9 Å². The fraction of sp³-hybridized carbons (Fsp3) is 0.333. The van der Waals surface area contributed by atoms with Crippen LogP contribution in [0.4, 0.5) is 5.69 Å². The van der Waals surface area contributed by atoms with Crippen molar-refractivity contribution in [3.63, 3.8) is 0 Å². The van der Waals surface area contributed by atoms with E-state index in [1.165, 1.54) is 0 Å². The van der Waals surface area contributed by atoms with Crippen LogP contribution < -0.4 is 9.64 Å². The van der Waals surface area contributed by atoms with Crippen molar-refractivity contribution >= 4 is 29.2 Å². The van der Waals surface area contributed by atoms with Gasteiger partial charge in [-0.05, 0) is 42.3 Å². The van der Waals surface area contributed by atoms with Gasteiger partial charge in [-0.3, -0.25) is 9.59 Å². The van der Waals surface area contributed by atoms with E-state index in [-0.39, 0.29) is 31.5 Å². The molecule has 3 rings (SSSR count). The van der Waals surface area contributed by atoms with Gasteiger partial charge in [-0.15, -0.1) is 0 Å². The predicted molar refractivity (Wildman–Crippen MR) is 104 cm³/mol. The zero-order chi connectivity index (χ0) is 19.2. The second-order valence-electron chi connectivity index (χ2n) is 6.36. The first kappa shape index (κ1) is 19.2. The number of carbonyl (C=O) groups is 2. The number of amides is 1. The molecule has 0 radical (unpaired) electrons. The Labute approximate surface area is 163 Å². The number of ether oxygens (including phenoxy) is 2. The average molecular weight is 388 g/mol. The molecule has 0 aliphatic carbocycles. The zero-order valence-electron chi connectivity index (χ0n) is 15.2. The van der Waals surface area contributed by atoms with E-state index in [0.717, 1.165) is 17.7 Å². The van der Waals surface area contributed by atoms with Gasteiger partial charge in [0.1, 0.15) is 19.0 Å². The van der Waals surface area contributed by atoms with Crippen molar-refractivity contribution in [3.05, 3.63) is 59.1 Å². The van der Waals surface area contributed by atoms with Crippen LogP contribution in [-0.2, 0) is 20.7 Å². The first-order chi connectivity index (χ1) is 13.1. The van der Waals surface area contributed by atoms with Crippen molar-refractivity contribution in [2.45, 2.75) is 19.8 Å². The largest absolute Gasteiger partial charge is 0.490 e. The lowest BCUT2D eigenvalue weighted by atomic mass is 10.1. The van der Waals surface area contributed by atoms with Crippen LogP contribution in [0.15, 0.2) is 48.5 Å². The molecular formula is C21H22ClNO4. The highest BCUT2D eigenvalue weighted by molar-refractivity contribution is 6.30. The molecule has 2 aromatic carbocycles. The summed E-state index contributed by atoms with van der Waals surface area (Å²) in [6.07, 6.45) is 1.01. The molecule has 142 valence electrons. The average Bonchev–Trinajstić information content (AvgIpc) is 3.08. The summed E-state index contributed by atoms with van der Waals surface area (Å²) in [7, 11) is 0. The first-order valence-electron chi connectivity index (χ1n) is 9.01. The number of carbonyl (C=O) groups excluding carboxylic acids is 2. The van der Waals surface area contributed by atoms with Crippen LogP contribution in [-0.4, -0.2) is 31.6 Å². The van der Waals surface area contributed by atoms with Gasteiger partial charge in [0.05, 0.1) is 5.92 Å². The van der Waals surface area contributed by atoms with Crippen LogP contribution in [0.5, 0.6) is 5.75 Å². The number of anilines is 1. The molecule has 1 fully saturated rings. The fourth-order valence-corrected chi connectivity index (χ4v) is 3.25. The molecule has 5 nitrogen and oxygen atoms in total. The summed E-state index contributed by atoms with van der Waals surface area (Å²) in [4.78, 5) is 26.4. The van der Waals surface area contributed by atoms with Gasteiger partial charge < -0.3 is 14.4 Å². The lowest BCUT2D eigenvalue weighted by Gasteiger charge is -2.19. The molecule has 0 bridgehead atoms. The highest BCUT2D eigenvalue weighted by Crippen LogP contribution is 2.29. The summed E-state index contributed by atoms with van der Waals surface area (Å²) in [6, 6.07) is 14.8. The van der Waals surface area contributed by atoms with Gasteiger partial charge in [0.15, 0.2) is 0 Å². The molecule has 1 aliphatic rings. The van der Waals surface area contributed by atoms with Gasteiger partial charge in [-0.2, -0.15) is 0 Å². The fourth-order valence-electron chi connectivity index (χ4n) is 3.12. The van der Waals surface area contributed by atoms with Crippen LogP contribution in [0.25, 0.3) is 0 Å². The molecule has 6 heteroatoms. The van der Waals surface area contributed by atoms with Crippen LogP contribution in [0, 0.1) is 5.92 Å². The Morgan fingerprint density at radius 1 is 1.15 bits per heavy atom. The monoisotopic (exact) mass is 387 g/mol. The molecule has 0 aromatic heterocycles. The summed E-state index contributed by atoms with van der Waals surface area (Å²) < 4.78 is 10.8. The molecule has 2 aromatic rings. The molecule has 27 heavy (non-hydrogen) atoms. The molecule has 0 spiro atoms. The maximum absolute atomic E-state index is 12.4. The number of aryl methyl sites for hydroxylation is 1. The molecule has 0 saturated carbocycles. The second kappa shape index (κ2) is 8.91. The smallest absolute Gasteiger partial charge is 0.311 e. The molecular weight excluding hydrogens is 366 g/mol. The van der Waals surface area contributed by atoms with E-state index in [2.05, 4.69) is 0 Å². The van der Waals surface area contributed by atoms with E-state index >= 15 is 0 Å². The summed E-state index contributed by atoms with van der Waals surface area (Å²) in [5.41, 5.74) is 1.97. The van der Waals surface area contributed by atoms with E-state index < -0.39 is 5.92 Å². The number of rotatable bonds is 7. The van der Waals surface area contributed by atoms with Gasteiger partial charge >= 0.3 is 5.97 Å². The van der Waals surface area contributed by atoms with Crippen LogP contribution in [0.3, 0.4) is 0 Å². The van der Waals surface area contributed by atoms with Gasteiger partial charge in [-0.25, -0.2) is 0 Å². The van der Waals surface area contributed by atoms with Gasteiger partial charge in [-0.1, -0.05) is 36.7 Å². The number of esters is 1. The Morgan fingerprint density at radius 2 is 1.89 bits per heavy atom. The minimum Gasteiger partial charge on any atom is -0.490 e. The summed E-state index contributed by atoms with van der Waals surface area (Å²) >= 11 is 5.82. The Bertz CT molecular complexity index is 806. The normalized spacial score (nSPS) is 16.4. The lowest BCUT2D eigenvalue weighted by molar-refractivity contribution is -0.149. The van der Waals surface area contributed by atoms with Crippen molar-refractivity contribution in [2.75, 3.05) is 24.7 Å². The number of hydrogen-bond acceptors (Lipinski definition) is 4. The molecule has 0 N–H and O–H groups in total. The topological polar surface area (TPSA) is 55.8 Å². The minimum absolute atomic E-state index is 0.0461. The number of para-hydroxylation sites is 1. The van der Waals surface area contributed by atoms with Crippen LogP contribution in [0.2, 0.25) is 5.02 Å². The molecule has 0 unspecified atom stereocenters. The van der Waals surface area contributed by atoms with Gasteiger partial charge in [0, 0.05) is 23.7 Å². The number of nitrogens with zero attached hydrogens (tertiary/aromatic N) is 1. The SMILES string of the molecule is CCc1ccccc1N1C[C@@H](C(=O)OCCOc2ccc(Cl)cc2)CC1=O. The maximum Gasteiger partial charge on any atom is 0.311 e. The standard InChI is InChI=1S/C21H22ClNO4/c1-2-15-5-3-4-6-19(15)23-14-16(13-20(23)24)21(25)27-12-11-26-18-9-7-17(22)8-10-18/h3-10,16H,2,11-14H2,1H3/t16-/m0/s1. The van der Waals surface area contributed by atoms with E-state index in [1.807, 2.05) is 31.2 Å². The third-order valence-corrected chi connectivity index (χ3v) is 4.78. The Balaban J connectivity index is 1.49. The number of hydrogen-bond donors (Lipinski definition) is 0. The van der Waals surface area contributed by atoms with E-state index in [1.54, 1.807) is 29.2 Å². The van der Waals surface area contributed by atoms with Gasteiger partial charge in [0.2, 0.25) is 5.91 Å². The summed E-state index contributed by atoms with van der Waals surface area (Å²) in [6.45, 7) is 2.78. The van der Waals surface area contributed by atoms with Crippen molar-refractivity contribution < 1.29 is 19.1 Å².